The molecule has 0 radical (unpaired) electrons. The Labute approximate surface area is 122 Å². The third-order valence-corrected chi connectivity index (χ3v) is 3.34. The topological polar surface area (TPSA) is 50.9 Å². The van der Waals surface area contributed by atoms with Gasteiger partial charge in [0.25, 0.3) is 0 Å². The predicted molar refractivity (Wildman–Crippen MR) is 83.6 cm³/mol. The number of rotatable bonds is 4. The zero-order chi connectivity index (χ0) is 13.8. The van der Waals surface area contributed by atoms with Gasteiger partial charge in [-0.2, -0.15) is 0 Å². The van der Waals surface area contributed by atoms with Crippen molar-refractivity contribution in [2.45, 2.75) is 13.5 Å². The van der Waals surface area contributed by atoms with Crippen LogP contribution in [0.4, 0.5) is 5.69 Å². The Hall–Kier alpha value is -1.65. The first kappa shape index (κ1) is 13.8. The summed E-state index contributed by atoms with van der Waals surface area (Å²) in [6, 6.07) is 9.49. The van der Waals surface area contributed by atoms with Crippen LogP contribution in [0.2, 0.25) is 5.02 Å². The van der Waals surface area contributed by atoms with Crippen LogP contribution >= 0.6 is 23.8 Å². The van der Waals surface area contributed by atoms with E-state index >= 15 is 0 Å². The second-order valence-electron chi connectivity index (χ2n) is 4.18. The minimum atomic E-state index is 0.303. The fraction of sp³-hybridized carbons (Fsp3) is 0.143. The largest absolute Gasteiger partial charge is 0.389 e. The summed E-state index contributed by atoms with van der Waals surface area (Å²) in [6.07, 6.45) is 1.78. The highest BCUT2D eigenvalue weighted by atomic mass is 35.5. The summed E-state index contributed by atoms with van der Waals surface area (Å²) in [4.78, 5) is 4.63. The van der Waals surface area contributed by atoms with Crippen LogP contribution in [-0.2, 0) is 6.54 Å². The van der Waals surface area contributed by atoms with E-state index in [2.05, 4.69) is 10.3 Å². The number of halogens is 1. The van der Waals surface area contributed by atoms with E-state index in [4.69, 9.17) is 29.6 Å². The van der Waals surface area contributed by atoms with Crippen LogP contribution in [0.15, 0.2) is 36.5 Å². The Morgan fingerprint density at radius 3 is 2.84 bits per heavy atom. The highest BCUT2D eigenvalue weighted by Crippen LogP contribution is 2.21. The van der Waals surface area contributed by atoms with Crippen molar-refractivity contribution in [3.05, 3.63) is 58.4 Å². The molecule has 0 bridgehead atoms. The SMILES string of the molecule is Cc1cccnc1CNc1ccc(C(N)=S)c(Cl)c1. The van der Waals surface area contributed by atoms with Gasteiger partial charge in [-0.15, -0.1) is 0 Å². The van der Waals surface area contributed by atoms with Crippen LogP contribution in [0.1, 0.15) is 16.8 Å². The molecule has 0 aliphatic carbocycles. The molecular weight excluding hydrogens is 278 g/mol. The number of anilines is 1. The number of pyridine rings is 1. The molecule has 2 aromatic rings. The Morgan fingerprint density at radius 2 is 2.21 bits per heavy atom. The smallest absolute Gasteiger partial charge is 0.105 e. The van der Waals surface area contributed by atoms with Crippen molar-refractivity contribution < 1.29 is 0 Å². The Kier molecular flexibility index (Phi) is 4.35. The fourth-order valence-electron chi connectivity index (χ4n) is 1.71. The van der Waals surface area contributed by atoms with Gasteiger partial charge in [-0.3, -0.25) is 4.98 Å². The molecule has 98 valence electrons. The second-order valence-corrected chi connectivity index (χ2v) is 5.03. The molecule has 0 spiro atoms. The first-order valence-electron chi connectivity index (χ1n) is 5.81. The number of nitrogens with zero attached hydrogens (tertiary/aromatic N) is 1. The third kappa shape index (κ3) is 3.43. The number of nitrogens with two attached hydrogens (primary N) is 1. The summed E-state index contributed by atoms with van der Waals surface area (Å²) in [5, 5.41) is 3.83. The van der Waals surface area contributed by atoms with Crippen LogP contribution < -0.4 is 11.1 Å². The van der Waals surface area contributed by atoms with Crippen LogP contribution in [0.3, 0.4) is 0 Å². The van der Waals surface area contributed by atoms with Gasteiger partial charge in [0.15, 0.2) is 0 Å². The minimum absolute atomic E-state index is 0.303. The molecule has 0 saturated heterocycles. The lowest BCUT2D eigenvalue weighted by molar-refractivity contribution is 1.02. The summed E-state index contributed by atoms with van der Waals surface area (Å²) < 4.78 is 0. The quantitative estimate of drug-likeness (QED) is 0.849. The van der Waals surface area contributed by atoms with Gasteiger partial charge in [0.2, 0.25) is 0 Å². The monoisotopic (exact) mass is 291 g/mol. The molecule has 1 aromatic heterocycles. The summed E-state index contributed by atoms with van der Waals surface area (Å²) in [5.74, 6) is 0. The molecule has 3 N–H and O–H groups in total. The maximum Gasteiger partial charge on any atom is 0.105 e. The normalized spacial score (nSPS) is 10.2. The highest BCUT2D eigenvalue weighted by molar-refractivity contribution is 7.80. The first-order chi connectivity index (χ1) is 9.08. The van der Waals surface area contributed by atoms with Crippen molar-refractivity contribution in [2.75, 3.05) is 5.32 Å². The Morgan fingerprint density at radius 1 is 1.42 bits per heavy atom. The molecule has 1 aromatic carbocycles. The molecule has 0 saturated carbocycles. The fourth-order valence-corrected chi connectivity index (χ4v) is 2.23. The van der Waals surface area contributed by atoms with E-state index in [1.165, 1.54) is 0 Å². The van der Waals surface area contributed by atoms with Crippen molar-refractivity contribution in [3.8, 4) is 0 Å². The number of benzene rings is 1. The molecule has 0 atom stereocenters. The average Bonchev–Trinajstić information content (AvgIpc) is 2.37. The van der Waals surface area contributed by atoms with Crippen LogP contribution in [0, 0.1) is 6.92 Å². The molecule has 0 amide bonds. The molecule has 0 unspecified atom stereocenters. The highest BCUT2D eigenvalue weighted by Gasteiger charge is 2.05. The number of thiocarbonyl (C=S) groups is 1. The second kappa shape index (κ2) is 5.99. The number of hydrogen-bond acceptors (Lipinski definition) is 3. The van der Waals surface area contributed by atoms with Crippen molar-refractivity contribution >= 4 is 34.5 Å². The molecule has 0 fully saturated rings. The molecule has 0 aliphatic heterocycles. The number of hydrogen-bond donors (Lipinski definition) is 2. The molecule has 5 heteroatoms. The van der Waals surface area contributed by atoms with Gasteiger partial charge in [0, 0.05) is 17.4 Å². The molecule has 0 aliphatic rings. The maximum atomic E-state index is 6.11. The lowest BCUT2D eigenvalue weighted by Gasteiger charge is -2.10. The summed E-state index contributed by atoms with van der Waals surface area (Å²) in [6.45, 7) is 2.68. The van der Waals surface area contributed by atoms with Gasteiger partial charge in [-0.05, 0) is 36.8 Å². The van der Waals surface area contributed by atoms with E-state index in [0.717, 1.165) is 16.9 Å². The molecule has 19 heavy (non-hydrogen) atoms. The van der Waals surface area contributed by atoms with Gasteiger partial charge in [0.05, 0.1) is 17.3 Å². The van der Waals surface area contributed by atoms with Crippen molar-refractivity contribution in [3.63, 3.8) is 0 Å². The minimum Gasteiger partial charge on any atom is -0.389 e. The zero-order valence-electron chi connectivity index (χ0n) is 10.5. The van der Waals surface area contributed by atoms with E-state index in [1.54, 1.807) is 6.20 Å². The molecule has 1 heterocycles. The molecule has 2 rings (SSSR count). The van der Waals surface area contributed by atoms with E-state index in [-0.39, 0.29) is 0 Å². The Balaban J connectivity index is 2.11. The molecule has 3 nitrogen and oxygen atoms in total. The first-order valence-corrected chi connectivity index (χ1v) is 6.60. The van der Waals surface area contributed by atoms with Gasteiger partial charge >= 0.3 is 0 Å². The van der Waals surface area contributed by atoms with Gasteiger partial charge in [-0.1, -0.05) is 29.9 Å². The zero-order valence-corrected chi connectivity index (χ0v) is 12.1. The summed E-state index contributed by atoms with van der Waals surface area (Å²) in [5.41, 5.74) is 9.33. The van der Waals surface area contributed by atoms with Crippen LogP contribution in [0.25, 0.3) is 0 Å². The van der Waals surface area contributed by atoms with Crippen molar-refractivity contribution in [2.24, 2.45) is 5.73 Å². The summed E-state index contributed by atoms with van der Waals surface area (Å²) in [7, 11) is 0. The number of aromatic nitrogens is 1. The Bertz CT molecular complexity index is 613. The van der Waals surface area contributed by atoms with Gasteiger partial charge < -0.3 is 11.1 Å². The number of aryl methyl sites for hydroxylation is 1. The summed E-state index contributed by atoms with van der Waals surface area (Å²) >= 11 is 11.0. The van der Waals surface area contributed by atoms with Gasteiger partial charge in [0.1, 0.15) is 4.99 Å². The molecular formula is C14H14ClN3S. The maximum absolute atomic E-state index is 6.11. The van der Waals surface area contributed by atoms with Crippen LogP contribution in [-0.4, -0.2) is 9.97 Å². The lowest BCUT2D eigenvalue weighted by Crippen LogP contribution is -2.10. The average molecular weight is 292 g/mol. The lowest BCUT2D eigenvalue weighted by atomic mass is 10.2. The predicted octanol–water partition coefficient (Wildman–Crippen LogP) is 3.29. The third-order valence-electron chi connectivity index (χ3n) is 2.81. The van der Waals surface area contributed by atoms with Gasteiger partial charge in [-0.25, -0.2) is 0 Å². The van der Waals surface area contributed by atoms with E-state index in [1.807, 2.05) is 37.3 Å². The van der Waals surface area contributed by atoms with E-state index in [0.29, 0.717) is 22.1 Å². The van der Waals surface area contributed by atoms with Crippen molar-refractivity contribution in [1.29, 1.82) is 0 Å². The van der Waals surface area contributed by atoms with Crippen LogP contribution in [0.5, 0.6) is 0 Å². The van der Waals surface area contributed by atoms with E-state index in [9.17, 15) is 0 Å². The standard InChI is InChI=1S/C14H14ClN3S/c1-9-3-2-6-17-13(9)8-18-10-4-5-11(14(16)19)12(15)7-10/h2-7,18H,8H2,1H3,(H2,16,19). The van der Waals surface area contributed by atoms with E-state index < -0.39 is 0 Å². The van der Waals surface area contributed by atoms with Crippen molar-refractivity contribution in [1.82, 2.24) is 4.98 Å². The number of nitrogens with one attached hydrogen (secondary N) is 1.